The van der Waals surface area contributed by atoms with Crippen molar-refractivity contribution in [2.75, 3.05) is 36.8 Å². The largest absolute Gasteiger partial charge is 0.325 e. The van der Waals surface area contributed by atoms with E-state index in [4.69, 9.17) is 0 Å². The van der Waals surface area contributed by atoms with Crippen molar-refractivity contribution in [2.45, 2.75) is 45.1 Å². The lowest BCUT2D eigenvalue weighted by Gasteiger charge is -2.25. The monoisotopic (exact) mass is 344 g/mol. The predicted molar refractivity (Wildman–Crippen MR) is 99.8 cm³/mol. The van der Waals surface area contributed by atoms with E-state index >= 15 is 0 Å². The minimum Gasteiger partial charge on any atom is -0.325 e. The van der Waals surface area contributed by atoms with Crippen molar-refractivity contribution >= 4 is 23.2 Å². The van der Waals surface area contributed by atoms with Gasteiger partial charge in [0.2, 0.25) is 11.8 Å². The fourth-order valence-corrected chi connectivity index (χ4v) is 3.48. The minimum absolute atomic E-state index is 0.00550. The summed E-state index contributed by atoms with van der Waals surface area (Å²) in [5, 5.41) is 9.13. The Kier molecular flexibility index (Phi) is 6.04. The van der Waals surface area contributed by atoms with E-state index in [1.54, 1.807) is 0 Å². The van der Waals surface area contributed by atoms with Crippen LogP contribution in [-0.4, -0.2) is 48.9 Å². The molecule has 136 valence electrons. The highest BCUT2D eigenvalue weighted by Gasteiger charge is 2.22. The molecule has 2 heterocycles. The van der Waals surface area contributed by atoms with E-state index < -0.39 is 0 Å². The van der Waals surface area contributed by atoms with E-state index in [2.05, 4.69) is 20.9 Å². The van der Waals surface area contributed by atoms with Crippen LogP contribution in [0.15, 0.2) is 18.2 Å². The third-order valence-corrected chi connectivity index (χ3v) is 4.97. The fraction of sp³-hybridized carbons (Fsp3) is 0.579. The molecule has 6 nitrogen and oxygen atoms in total. The Morgan fingerprint density at radius 1 is 1.16 bits per heavy atom. The zero-order chi connectivity index (χ0) is 17.6. The molecule has 1 aromatic carbocycles. The van der Waals surface area contributed by atoms with E-state index in [0.717, 1.165) is 49.4 Å². The van der Waals surface area contributed by atoms with Crippen molar-refractivity contribution in [3.63, 3.8) is 0 Å². The third-order valence-electron chi connectivity index (χ3n) is 4.97. The highest BCUT2D eigenvalue weighted by molar-refractivity contribution is 5.97. The molecule has 2 aliphatic heterocycles. The van der Waals surface area contributed by atoms with Crippen molar-refractivity contribution in [3.05, 3.63) is 23.8 Å². The van der Waals surface area contributed by atoms with Gasteiger partial charge in [0.25, 0.3) is 0 Å². The van der Waals surface area contributed by atoms with Gasteiger partial charge in [0.05, 0.1) is 12.6 Å². The number of rotatable bonds is 5. The Morgan fingerprint density at radius 3 is 2.68 bits per heavy atom. The van der Waals surface area contributed by atoms with Gasteiger partial charge in [-0.3, -0.25) is 14.5 Å². The molecular weight excluding hydrogens is 316 g/mol. The van der Waals surface area contributed by atoms with Crippen LogP contribution in [0.1, 0.15) is 37.7 Å². The van der Waals surface area contributed by atoms with Crippen LogP contribution in [0, 0.1) is 6.92 Å². The number of carbonyl (C=O) groups is 2. The number of piperidine rings is 1. The molecule has 25 heavy (non-hydrogen) atoms. The molecule has 0 bridgehead atoms. The molecule has 0 spiro atoms. The van der Waals surface area contributed by atoms with E-state index in [9.17, 15) is 9.59 Å². The van der Waals surface area contributed by atoms with Gasteiger partial charge in [-0.05, 0) is 69.9 Å². The van der Waals surface area contributed by atoms with Crippen LogP contribution in [0.3, 0.4) is 0 Å². The Hall–Kier alpha value is -1.92. The first kappa shape index (κ1) is 17.9. The number of hydrogen-bond donors (Lipinski definition) is 3. The standard InChI is InChI=1S/C19H28N4O2/c1-14-7-8-15(21-19(25)16-6-5-9-20-16)12-17(14)22-18(24)13-23-10-3-2-4-11-23/h7-8,12,16,20H,2-6,9-11,13H2,1H3,(H,21,25)(H,22,24). The van der Waals surface area contributed by atoms with Gasteiger partial charge in [0, 0.05) is 11.4 Å². The Morgan fingerprint density at radius 2 is 1.96 bits per heavy atom. The number of anilines is 2. The summed E-state index contributed by atoms with van der Waals surface area (Å²) < 4.78 is 0. The molecule has 1 aromatic rings. The number of amides is 2. The van der Waals surface area contributed by atoms with Gasteiger partial charge in [-0.2, -0.15) is 0 Å². The van der Waals surface area contributed by atoms with Gasteiger partial charge < -0.3 is 16.0 Å². The fourth-order valence-electron chi connectivity index (χ4n) is 3.48. The van der Waals surface area contributed by atoms with Crippen LogP contribution in [-0.2, 0) is 9.59 Å². The Bertz CT molecular complexity index is 620. The molecule has 2 saturated heterocycles. The zero-order valence-electron chi connectivity index (χ0n) is 14.9. The topological polar surface area (TPSA) is 73.5 Å². The zero-order valence-corrected chi connectivity index (χ0v) is 14.9. The first-order chi connectivity index (χ1) is 12.1. The van der Waals surface area contributed by atoms with E-state index in [1.165, 1.54) is 19.3 Å². The molecule has 0 aromatic heterocycles. The number of likely N-dealkylation sites (tertiary alicyclic amines) is 1. The van der Waals surface area contributed by atoms with Crippen LogP contribution in [0.2, 0.25) is 0 Å². The Balaban J connectivity index is 1.58. The summed E-state index contributed by atoms with van der Waals surface area (Å²) in [6.07, 6.45) is 5.50. The Labute approximate surface area is 149 Å². The van der Waals surface area contributed by atoms with Crippen molar-refractivity contribution in [1.82, 2.24) is 10.2 Å². The molecule has 2 aliphatic rings. The maximum absolute atomic E-state index is 12.3. The second-order valence-corrected chi connectivity index (χ2v) is 7.05. The van der Waals surface area contributed by atoms with Gasteiger partial charge in [0.15, 0.2) is 0 Å². The van der Waals surface area contributed by atoms with Crippen LogP contribution < -0.4 is 16.0 Å². The molecule has 3 N–H and O–H groups in total. The molecular formula is C19H28N4O2. The van der Waals surface area contributed by atoms with Crippen molar-refractivity contribution in [1.29, 1.82) is 0 Å². The van der Waals surface area contributed by atoms with Gasteiger partial charge in [-0.25, -0.2) is 0 Å². The summed E-state index contributed by atoms with van der Waals surface area (Å²) in [4.78, 5) is 26.8. The van der Waals surface area contributed by atoms with Gasteiger partial charge in [-0.1, -0.05) is 12.5 Å². The van der Waals surface area contributed by atoms with Crippen molar-refractivity contribution in [3.8, 4) is 0 Å². The second-order valence-electron chi connectivity index (χ2n) is 7.05. The lowest BCUT2D eigenvalue weighted by atomic mass is 10.1. The summed E-state index contributed by atoms with van der Waals surface area (Å²) in [5.41, 5.74) is 2.47. The van der Waals surface area contributed by atoms with Gasteiger partial charge >= 0.3 is 0 Å². The van der Waals surface area contributed by atoms with E-state index in [1.807, 2.05) is 25.1 Å². The lowest BCUT2D eigenvalue weighted by molar-refractivity contribution is -0.118. The minimum atomic E-state index is -0.113. The van der Waals surface area contributed by atoms with Crippen LogP contribution in [0.5, 0.6) is 0 Å². The van der Waals surface area contributed by atoms with Crippen LogP contribution in [0.4, 0.5) is 11.4 Å². The maximum Gasteiger partial charge on any atom is 0.241 e. The first-order valence-electron chi connectivity index (χ1n) is 9.29. The molecule has 2 fully saturated rings. The number of nitrogens with zero attached hydrogens (tertiary/aromatic N) is 1. The van der Waals surface area contributed by atoms with Crippen molar-refractivity contribution in [2.24, 2.45) is 0 Å². The molecule has 0 saturated carbocycles. The number of hydrogen-bond acceptors (Lipinski definition) is 4. The average Bonchev–Trinajstić information content (AvgIpc) is 3.13. The number of nitrogens with one attached hydrogen (secondary N) is 3. The van der Waals surface area contributed by atoms with Gasteiger partial charge in [-0.15, -0.1) is 0 Å². The quantitative estimate of drug-likeness (QED) is 0.765. The molecule has 0 aliphatic carbocycles. The highest BCUT2D eigenvalue weighted by Crippen LogP contribution is 2.21. The lowest BCUT2D eigenvalue weighted by Crippen LogP contribution is -2.37. The molecule has 1 unspecified atom stereocenters. The highest BCUT2D eigenvalue weighted by atomic mass is 16.2. The van der Waals surface area contributed by atoms with Crippen LogP contribution in [0.25, 0.3) is 0 Å². The van der Waals surface area contributed by atoms with Gasteiger partial charge in [0.1, 0.15) is 0 Å². The normalized spacial score (nSPS) is 21.1. The van der Waals surface area contributed by atoms with E-state index in [-0.39, 0.29) is 17.9 Å². The number of benzene rings is 1. The summed E-state index contributed by atoms with van der Waals surface area (Å²) in [6, 6.07) is 5.53. The molecule has 0 radical (unpaired) electrons. The SMILES string of the molecule is Cc1ccc(NC(=O)C2CCCN2)cc1NC(=O)CN1CCCCC1. The predicted octanol–water partition coefficient (Wildman–Crippen LogP) is 2.11. The molecule has 3 rings (SSSR count). The maximum atomic E-state index is 12.3. The molecule has 1 atom stereocenters. The number of aryl methyl sites for hydroxylation is 1. The second kappa shape index (κ2) is 8.45. The molecule has 2 amide bonds. The van der Waals surface area contributed by atoms with E-state index in [0.29, 0.717) is 6.54 Å². The summed E-state index contributed by atoms with van der Waals surface area (Å²) in [5.74, 6) is -0.00196. The summed E-state index contributed by atoms with van der Waals surface area (Å²) in [6.45, 7) is 5.28. The summed E-state index contributed by atoms with van der Waals surface area (Å²) in [7, 11) is 0. The average molecular weight is 344 g/mol. The van der Waals surface area contributed by atoms with Crippen LogP contribution >= 0.6 is 0 Å². The summed E-state index contributed by atoms with van der Waals surface area (Å²) >= 11 is 0. The third kappa shape index (κ3) is 5.03. The number of carbonyl (C=O) groups excluding carboxylic acids is 2. The molecule has 6 heteroatoms. The smallest absolute Gasteiger partial charge is 0.241 e. The first-order valence-corrected chi connectivity index (χ1v) is 9.29. The van der Waals surface area contributed by atoms with Crippen molar-refractivity contribution < 1.29 is 9.59 Å².